The number of rotatable bonds is 6. The summed E-state index contributed by atoms with van der Waals surface area (Å²) in [6.45, 7) is 12.1. The molecular weight excluding hydrogens is 376 g/mol. The number of anilines is 1. The van der Waals surface area contributed by atoms with Crippen molar-refractivity contribution in [2.45, 2.75) is 46.1 Å². The molecule has 0 saturated carbocycles. The van der Waals surface area contributed by atoms with Crippen LogP contribution in [-0.2, 0) is 6.42 Å². The number of piperazine rings is 1. The predicted molar refractivity (Wildman–Crippen MR) is 117 cm³/mol. The van der Waals surface area contributed by atoms with Crippen LogP contribution in [0.4, 0.5) is 5.82 Å². The summed E-state index contributed by atoms with van der Waals surface area (Å²) >= 11 is 0. The van der Waals surface area contributed by atoms with E-state index in [-0.39, 0.29) is 6.04 Å². The van der Waals surface area contributed by atoms with Gasteiger partial charge in [0.05, 0.1) is 6.04 Å². The van der Waals surface area contributed by atoms with Gasteiger partial charge in [-0.2, -0.15) is 4.98 Å². The highest BCUT2D eigenvalue weighted by atomic mass is 16.5. The maximum absolute atomic E-state index is 5.58. The smallest absolute Gasteiger partial charge is 0.243 e. The van der Waals surface area contributed by atoms with Gasteiger partial charge in [-0.05, 0) is 19.4 Å². The van der Waals surface area contributed by atoms with Crippen molar-refractivity contribution >= 4 is 5.82 Å². The molecule has 3 heterocycles. The molecule has 0 N–H and O–H groups in total. The molecule has 1 saturated heterocycles. The third-order valence-electron chi connectivity index (χ3n) is 5.61. The molecule has 0 spiro atoms. The average molecular weight is 407 g/mol. The first-order valence-electron chi connectivity index (χ1n) is 10.7. The van der Waals surface area contributed by atoms with E-state index in [1.54, 1.807) is 0 Å². The van der Waals surface area contributed by atoms with Crippen LogP contribution in [0.5, 0.6) is 0 Å². The van der Waals surface area contributed by atoms with Gasteiger partial charge in [-0.15, -0.1) is 0 Å². The topological polar surface area (TPSA) is 71.2 Å². The summed E-state index contributed by atoms with van der Waals surface area (Å²) in [5.41, 5.74) is 2.21. The number of nitrogens with zero attached hydrogens (tertiary/aromatic N) is 6. The summed E-state index contributed by atoms with van der Waals surface area (Å²) in [5, 5.41) is 4.19. The molecule has 158 valence electrons. The Hall–Kier alpha value is -2.80. The number of aryl methyl sites for hydroxylation is 1. The van der Waals surface area contributed by atoms with Crippen molar-refractivity contribution in [1.82, 2.24) is 25.0 Å². The van der Waals surface area contributed by atoms with Crippen molar-refractivity contribution in [3.63, 3.8) is 0 Å². The fraction of sp³-hybridized carbons (Fsp3) is 0.478. The van der Waals surface area contributed by atoms with Crippen LogP contribution in [0.2, 0.25) is 0 Å². The maximum Gasteiger partial charge on any atom is 0.243 e. The Morgan fingerprint density at radius 1 is 0.967 bits per heavy atom. The van der Waals surface area contributed by atoms with Crippen molar-refractivity contribution < 1.29 is 4.52 Å². The third kappa shape index (κ3) is 4.67. The highest BCUT2D eigenvalue weighted by Crippen LogP contribution is 2.23. The lowest BCUT2D eigenvalue weighted by Gasteiger charge is -2.37. The molecule has 1 aliphatic heterocycles. The van der Waals surface area contributed by atoms with Gasteiger partial charge in [-0.25, -0.2) is 9.97 Å². The zero-order valence-corrected chi connectivity index (χ0v) is 18.2. The fourth-order valence-corrected chi connectivity index (χ4v) is 3.78. The number of hydrogen-bond acceptors (Lipinski definition) is 7. The van der Waals surface area contributed by atoms with Crippen molar-refractivity contribution in [3.8, 4) is 0 Å². The quantitative estimate of drug-likeness (QED) is 0.617. The second-order valence-corrected chi connectivity index (χ2v) is 8.29. The first kappa shape index (κ1) is 20.5. The van der Waals surface area contributed by atoms with E-state index in [1.165, 1.54) is 5.56 Å². The minimum Gasteiger partial charge on any atom is -0.354 e. The van der Waals surface area contributed by atoms with Crippen LogP contribution in [0.1, 0.15) is 61.5 Å². The predicted octanol–water partition coefficient (Wildman–Crippen LogP) is 3.77. The molecule has 1 aliphatic rings. The molecule has 1 fully saturated rings. The van der Waals surface area contributed by atoms with Crippen LogP contribution in [0, 0.1) is 6.92 Å². The SMILES string of the molecule is Cc1cc(N2CCN(C(C)c3nc(Cc4ccccc4)no3)CC2)nc(C(C)C)n1. The Balaban J connectivity index is 1.37. The molecule has 3 aromatic rings. The second kappa shape index (κ2) is 8.92. The summed E-state index contributed by atoms with van der Waals surface area (Å²) in [6.07, 6.45) is 0.691. The minimum atomic E-state index is 0.0996. The average Bonchev–Trinajstić information content (AvgIpc) is 3.22. The van der Waals surface area contributed by atoms with Crippen molar-refractivity contribution in [2.24, 2.45) is 0 Å². The Labute approximate surface area is 178 Å². The van der Waals surface area contributed by atoms with Gasteiger partial charge in [0, 0.05) is 50.3 Å². The molecule has 1 unspecified atom stereocenters. The summed E-state index contributed by atoms with van der Waals surface area (Å²) in [7, 11) is 0. The molecule has 0 radical (unpaired) electrons. The van der Waals surface area contributed by atoms with Gasteiger partial charge in [0.15, 0.2) is 5.82 Å². The standard InChI is InChI=1S/C23H30N6O/c1-16(2)22-24-17(3)14-21(26-22)29-12-10-28(11-13-29)18(4)23-25-20(27-30-23)15-19-8-6-5-7-9-19/h5-9,14,16,18H,10-13,15H2,1-4H3. The van der Waals surface area contributed by atoms with Gasteiger partial charge >= 0.3 is 0 Å². The van der Waals surface area contributed by atoms with Crippen LogP contribution >= 0.6 is 0 Å². The van der Waals surface area contributed by atoms with Gasteiger partial charge in [-0.1, -0.05) is 49.3 Å². The van der Waals surface area contributed by atoms with Gasteiger partial charge in [0.2, 0.25) is 5.89 Å². The Morgan fingerprint density at radius 3 is 2.40 bits per heavy atom. The number of hydrogen-bond donors (Lipinski definition) is 0. The summed E-state index contributed by atoms with van der Waals surface area (Å²) < 4.78 is 5.58. The molecule has 0 amide bonds. The van der Waals surface area contributed by atoms with E-state index in [9.17, 15) is 0 Å². The molecule has 4 rings (SSSR count). The van der Waals surface area contributed by atoms with Gasteiger partial charge in [0.1, 0.15) is 11.6 Å². The van der Waals surface area contributed by atoms with E-state index in [0.717, 1.165) is 49.3 Å². The van der Waals surface area contributed by atoms with Gasteiger partial charge in [0.25, 0.3) is 0 Å². The molecular formula is C23H30N6O. The first-order valence-corrected chi connectivity index (χ1v) is 10.7. The van der Waals surface area contributed by atoms with E-state index in [2.05, 4.69) is 63.9 Å². The maximum atomic E-state index is 5.58. The van der Waals surface area contributed by atoms with Crippen LogP contribution in [0.25, 0.3) is 0 Å². The summed E-state index contributed by atoms with van der Waals surface area (Å²) in [5.74, 6) is 3.69. The second-order valence-electron chi connectivity index (χ2n) is 8.29. The van der Waals surface area contributed by atoms with Crippen molar-refractivity contribution in [2.75, 3.05) is 31.1 Å². The lowest BCUT2D eigenvalue weighted by molar-refractivity contribution is 0.164. The van der Waals surface area contributed by atoms with E-state index in [4.69, 9.17) is 9.51 Å². The minimum absolute atomic E-state index is 0.0996. The summed E-state index contributed by atoms with van der Waals surface area (Å²) in [6, 6.07) is 12.4. The third-order valence-corrected chi connectivity index (χ3v) is 5.61. The van der Waals surface area contributed by atoms with Gasteiger partial charge in [-0.3, -0.25) is 4.90 Å². The van der Waals surface area contributed by atoms with Crippen molar-refractivity contribution in [1.29, 1.82) is 0 Å². The normalized spacial score (nSPS) is 16.2. The Bertz CT molecular complexity index is 963. The molecule has 2 aromatic heterocycles. The van der Waals surface area contributed by atoms with Crippen molar-refractivity contribution in [3.05, 3.63) is 65.2 Å². The molecule has 0 aliphatic carbocycles. The fourth-order valence-electron chi connectivity index (χ4n) is 3.78. The van der Waals surface area contributed by atoms with E-state index < -0.39 is 0 Å². The van der Waals surface area contributed by atoms with Gasteiger partial charge < -0.3 is 9.42 Å². The lowest BCUT2D eigenvalue weighted by Crippen LogP contribution is -2.47. The molecule has 30 heavy (non-hydrogen) atoms. The molecule has 0 bridgehead atoms. The Kier molecular flexibility index (Phi) is 6.08. The lowest BCUT2D eigenvalue weighted by atomic mass is 10.1. The number of benzene rings is 1. The monoisotopic (exact) mass is 406 g/mol. The zero-order chi connectivity index (χ0) is 21.1. The van der Waals surface area contributed by atoms with Crippen LogP contribution in [0.3, 0.4) is 0 Å². The Morgan fingerprint density at radius 2 is 1.70 bits per heavy atom. The van der Waals surface area contributed by atoms with E-state index in [0.29, 0.717) is 18.2 Å². The number of aromatic nitrogens is 4. The van der Waals surface area contributed by atoms with Crippen LogP contribution < -0.4 is 4.90 Å². The van der Waals surface area contributed by atoms with Crippen LogP contribution in [-0.4, -0.2) is 51.2 Å². The highest BCUT2D eigenvalue weighted by Gasteiger charge is 2.26. The van der Waals surface area contributed by atoms with Crippen LogP contribution in [0.15, 0.2) is 40.9 Å². The zero-order valence-electron chi connectivity index (χ0n) is 18.2. The largest absolute Gasteiger partial charge is 0.354 e. The highest BCUT2D eigenvalue weighted by molar-refractivity contribution is 5.40. The summed E-state index contributed by atoms with van der Waals surface area (Å²) in [4.78, 5) is 18.7. The molecule has 1 atom stereocenters. The molecule has 1 aromatic carbocycles. The van der Waals surface area contributed by atoms with E-state index in [1.807, 2.05) is 25.1 Å². The molecule has 7 heteroatoms. The molecule has 7 nitrogen and oxygen atoms in total. The first-order chi connectivity index (χ1) is 14.5. The van der Waals surface area contributed by atoms with E-state index >= 15 is 0 Å².